The van der Waals surface area contributed by atoms with E-state index in [1.807, 2.05) is 18.2 Å². The summed E-state index contributed by atoms with van der Waals surface area (Å²) in [5.74, 6) is -0.167. The van der Waals surface area contributed by atoms with E-state index in [2.05, 4.69) is 4.99 Å². The van der Waals surface area contributed by atoms with Crippen LogP contribution in [0.15, 0.2) is 35.3 Å². The fourth-order valence-electron chi connectivity index (χ4n) is 0.720. The Morgan fingerprint density at radius 2 is 1.92 bits per heavy atom. The van der Waals surface area contributed by atoms with E-state index in [-0.39, 0.29) is 11.6 Å². The summed E-state index contributed by atoms with van der Waals surface area (Å²) >= 11 is 0. The molecule has 0 saturated carbocycles. The Kier molecular flexibility index (Phi) is 2.58. The number of hydrogen-bond donors (Lipinski definition) is 1. The van der Waals surface area contributed by atoms with E-state index in [0.29, 0.717) is 5.69 Å². The van der Waals surface area contributed by atoms with Gasteiger partial charge >= 0.3 is 0 Å². The van der Waals surface area contributed by atoms with Crippen LogP contribution in [0.5, 0.6) is 0 Å². The standard InChI is InChI=1S/C9H10N2O/c1-7(12)9(10)11-8-5-3-2-4-6-8/h2-6H,1H3,(H2,10,11). The molecule has 62 valence electrons. The molecule has 1 rings (SSSR count). The van der Waals surface area contributed by atoms with Crippen molar-refractivity contribution in [1.82, 2.24) is 0 Å². The van der Waals surface area contributed by atoms with Gasteiger partial charge in [0.1, 0.15) is 0 Å². The summed E-state index contributed by atoms with van der Waals surface area (Å²) < 4.78 is 0. The third-order valence-electron chi connectivity index (χ3n) is 1.37. The molecule has 0 heterocycles. The molecular weight excluding hydrogens is 152 g/mol. The number of rotatable bonds is 2. The van der Waals surface area contributed by atoms with E-state index in [0.717, 1.165) is 0 Å². The van der Waals surface area contributed by atoms with Gasteiger partial charge in [0.25, 0.3) is 0 Å². The van der Waals surface area contributed by atoms with Crippen molar-refractivity contribution >= 4 is 17.3 Å². The molecule has 2 N–H and O–H groups in total. The molecule has 3 heteroatoms. The lowest BCUT2D eigenvalue weighted by molar-refractivity contribution is -0.111. The van der Waals surface area contributed by atoms with Crippen LogP contribution in [0.3, 0.4) is 0 Å². The summed E-state index contributed by atoms with van der Waals surface area (Å²) in [5, 5.41) is 0. The van der Waals surface area contributed by atoms with Crippen LogP contribution in [0.4, 0.5) is 5.69 Å². The van der Waals surface area contributed by atoms with Gasteiger partial charge in [0.15, 0.2) is 11.6 Å². The van der Waals surface area contributed by atoms with Gasteiger partial charge in [0, 0.05) is 6.92 Å². The Hall–Kier alpha value is -1.64. The van der Waals surface area contributed by atoms with Crippen LogP contribution in [0.1, 0.15) is 6.92 Å². The maximum Gasteiger partial charge on any atom is 0.194 e. The molecular formula is C9H10N2O. The number of amidine groups is 1. The molecule has 0 saturated heterocycles. The molecule has 0 unspecified atom stereocenters. The lowest BCUT2D eigenvalue weighted by Crippen LogP contribution is -2.20. The first-order valence-electron chi connectivity index (χ1n) is 3.60. The molecule has 0 atom stereocenters. The first kappa shape index (κ1) is 8.46. The number of hydrogen-bond acceptors (Lipinski definition) is 2. The zero-order valence-electron chi connectivity index (χ0n) is 6.82. The number of ketones is 1. The second-order valence-electron chi connectivity index (χ2n) is 2.39. The highest BCUT2D eigenvalue weighted by Gasteiger charge is 1.97. The number of para-hydroxylation sites is 1. The van der Waals surface area contributed by atoms with Crippen molar-refractivity contribution in [2.75, 3.05) is 0 Å². The molecule has 0 aromatic heterocycles. The molecule has 12 heavy (non-hydrogen) atoms. The molecule has 1 aromatic rings. The maximum atomic E-state index is 10.7. The number of nitrogens with two attached hydrogens (primary N) is 1. The fourth-order valence-corrected chi connectivity index (χ4v) is 0.720. The van der Waals surface area contributed by atoms with E-state index >= 15 is 0 Å². The number of Topliss-reactive ketones (excluding diaryl/α,β-unsaturated/α-hetero) is 1. The number of carbonyl (C=O) groups excluding carboxylic acids is 1. The van der Waals surface area contributed by atoms with Crippen LogP contribution < -0.4 is 5.73 Å². The fraction of sp³-hybridized carbons (Fsp3) is 0.111. The quantitative estimate of drug-likeness (QED) is 0.525. The van der Waals surface area contributed by atoms with Crippen molar-refractivity contribution in [2.45, 2.75) is 6.92 Å². The number of nitrogens with zero attached hydrogens (tertiary/aromatic N) is 1. The average Bonchev–Trinajstić information content (AvgIpc) is 2.06. The molecule has 0 spiro atoms. The molecule has 0 amide bonds. The molecule has 0 aliphatic heterocycles. The number of carbonyl (C=O) groups is 1. The van der Waals surface area contributed by atoms with Crippen molar-refractivity contribution in [3.63, 3.8) is 0 Å². The van der Waals surface area contributed by atoms with Gasteiger partial charge < -0.3 is 5.73 Å². The molecule has 0 aliphatic rings. The van der Waals surface area contributed by atoms with Crippen LogP contribution in [-0.2, 0) is 4.79 Å². The molecule has 0 bridgehead atoms. The minimum Gasteiger partial charge on any atom is -0.381 e. The van der Waals surface area contributed by atoms with Gasteiger partial charge in [-0.3, -0.25) is 4.79 Å². The maximum absolute atomic E-state index is 10.7. The van der Waals surface area contributed by atoms with Gasteiger partial charge in [-0.1, -0.05) is 18.2 Å². The smallest absolute Gasteiger partial charge is 0.194 e. The average molecular weight is 162 g/mol. The molecule has 0 radical (unpaired) electrons. The van der Waals surface area contributed by atoms with Crippen molar-refractivity contribution in [3.05, 3.63) is 30.3 Å². The highest BCUT2D eigenvalue weighted by molar-refractivity contribution is 6.37. The van der Waals surface area contributed by atoms with Crippen LogP contribution in [-0.4, -0.2) is 11.6 Å². The lowest BCUT2D eigenvalue weighted by Gasteiger charge is -1.94. The molecule has 0 fully saturated rings. The predicted octanol–water partition coefficient (Wildman–Crippen LogP) is 1.26. The van der Waals surface area contributed by atoms with Crippen LogP contribution in [0.2, 0.25) is 0 Å². The first-order chi connectivity index (χ1) is 5.70. The Morgan fingerprint density at radius 3 is 2.42 bits per heavy atom. The van der Waals surface area contributed by atoms with Crippen molar-refractivity contribution in [1.29, 1.82) is 0 Å². The van der Waals surface area contributed by atoms with E-state index in [4.69, 9.17) is 5.73 Å². The first-order valence-corrected chi connectivity index (χ1v) is 3.60. The minimum atomic E-state index is -0.209. The SMILES string of the molecule is CC(=O)C(N)=Nc1ccccc1. The second kappa shape index (κ2) is 3.67. The van der Waals surface area contributed by atoms with E-state index < -0.39 is 0 Å². The molecule has 3 nitrogen and oxygen atoms in total. The van der Waals surface area contributed by atoms with Crippen LogP contribution in [0.25, 0.3) is 0 Å². The highest BCUT2D eigenvalue weighted by Crippen LogP contribution is 2.08. The van der Waals surface area contributed by atoms with Gasteiger partial charge in [0.05, 0.1) is 5.69 Å². The molecule has 1 aromatic carbocycles. The van der Waals surface area contributed by atoms with E-state index in [9.17, 15) is 4.79 Å². The van der Waals surface area contributed by atoms with Crippen molar-refractivity contribution in [3.8, 4) is 0 Å². The topological polar surface area (TPSA) is 55.5 Å². The second-order valence-corrected chi connectivity index (χ2v) is 2.39. The van der Waals surface area contributed by atoms with Gasteiger partial charge in [-0.05, 0) is 12.1 Å². The Morgan fingerprint density at radius 1 is 1.33 bits per heavy atom. The van der Waals surface area contributed by atoms with Gasteiger partial charge in [0.2, 0.25) is 0 Å². The van der Waals surface area contributed by atoms with Crippen molar-refractivity contribution in [2.24, 2.45) is 10.7 Å². The summed E-state index contributed by atoms with van der Waals surface area (Å²) in [6, 6.07) is 9.13. The summed E-state index contributed by atoms with van der Waals surface area (Å²) in [5.41, 5.74) is 6.05. The van der Waals surface area contributed by atoms with E-state index in [1.165, 1.54) is 6.92 Å². The summed E-state index contributed by atoms with van der Waals surface area (Å²) in [7, 11) is 0. The Balaban J connectivity index is 2.89. The normalized spacial score (nSPS) is 11.2. The minimum absolute atomic E-state index is 0.0428. The Labute approximate surface area is 70.9 Å². The summed E-state index contributed by atoms with van der Waals surface area (Å²) in [6.45, 7) is 1.39. The predicted molar refractivity (Wildman–Crippen MR) is 48.4 cm³/mol. The zero-order valence-corrected chi connectivity index (χ0v) is 6.82. The van der Waals surface area contributed by atoms with Gasteiger partial charge in [-0.25, -0.2) is 4.99 Å². The van der Waals surface area contributed by atoms with Crippen LogP contribution >= 0.6 is 0 Å². The lowest BCUT2D eigenvalue weighted by atomic mass is 10.3. The molecule has 0 aliphatic carbocycles. The van der Waals surface area contributed by atoms with Gasteiger partial charge in [-0.2, -0.15) is 0 Å². The largest absolute Gasteiger partial charge is 0.381 e. The third-order valence-corrected chi connectivity index (χ3v) is 1.37. The number of aliphatic imine (C=N–C) groups is 1. The number of benzene rings is 1. The third kappa shape index (κ3) is 2.20. The summed E-state index contributed by atoms with van der Waals surface area (Å²) in [6.07, 6.45) is 0. The van der Waals surface area contributed by atoms with Gasteiger partial charge in [-0.15, -0.1) is 0 Å². The van der Waals surface area contributed by atoms with E-state index in [1.54, 1.807) is 12.1 Å². The monoisotopic (exact) mass is 162 g/mol. The van der Waals surface area contributed by atoms with Crippen molar-refractivity contribution < 1.29 is 4.79 Å². The Bertz CT molecular complexity index is 304. The summed E-state index contributed by atoms with van der Waals surface area (Å²) in [4.78, 5) is 14.6. The van der Waals surface area contributed by atoms with Crippen LogP contribution in [0, 0.1) is 0 Å². The highest BCUT2D eigenvalue weighted by atomic mass is 16.1. The zero-order chi connectivity index (χ0) is 8.97.